The van der Waals surface area contributed by atoms with Crippen LogP contribution < -0.4 is 10.1 Å². The molecule has 1 atom stereocenters. The second kappa shape index (κ2) is 6.00. The number of para-hydroxylation sites is 1. The van der Waals surface area contributed by atoms with E-state index in [9.17, 15) is 4.79 Å². The second-order valence-electron chi connectivity index (χ2n) is 5.41. The molecular weight excluding hydrogens is 262 g/mol. The second-order valence-corrected chi connectivity index (χ2v) is 5.41. The van der Waals surface area contributed by atoms with E-state index in [0.717, 1.165) is 24.2 Å². The van der Waals surface area contributed by atoms with Crippen LogP contribution in [-0.2, 0) is 11.2 Å². The van der Waals surface area contributed by atoms with E-state index in [-0.39, 0.29) is 18.6 Å². The third-order valence-electron chi connectivity index (χ3n) is 3.92. The summed E-state index contributed by atoms with van der Waals surface area (Å²) in [6.45, 7) is 2.03. The number of rotatable bonds is 4. The molecule has 0 aliphatic heterocycles. The molecule has 0 saturated heterocycles. The molecule has 108 valence electrons. The number of nitrogens with one attached hydrogen (secondary N) is 1. The van der Waals surface area contributed by atoms with E-state index >= 15 is 0 Å². The van der Waals surface area contributed by atoms with Crippen molar-refractivity contribution in [3.8, 4) is 5.75 Å². The Kier molecular flexibility index (Phi) is 3.91. The van der Waals surface area contributed by atoms with Crippen molar-refractivity contribution in [2.24, 2.45) is 0 Å². The molecule has 21 heavy (non-hydrogen) atoms. The fourth-order valence-corrected chi connectivity index (χ4v) is 2.80. The number of carbonyl (C=O) groups excluding carboxylic acids is 1. The molecule has 1 unspecified atom stereocenters. The minimum Gasteiger partial charge on any atom is -0.484 e. The van der Waals surface area contributed by atoms with Gasteiger partial charge in [-0.1, -0.05) is 42.5 Å². The smallest absolute Gasteiger partial charge is 0.258 e. The van der Waals surface area contributed by atoms with Crippen molar-refractivity contribution in [3.05, 3.63) is 65.2 Å². The first kappa shape index (κ1) is 13.7. The maximum Gasteiger partial charge on any atom is 0.258 e. The number of hydrogen-bond acceptors (Lipinski definition) is 2. The fourth-order valence-electron chi connectivity index (χ4n) is 2.80. The van der Waals surface area contributed by atoms with E-state index in [1.54, 1.807) is 0 Å². The molecule has 2 aromatic carbocycles. The topological polar surface area (TPSA) is 38.3 Å². The molecule has 0 spiro atoms. The highest BCUT2D eigenvalue weighted by Gasteiger charge is 2.23. The van der Waals surface area contributed by atoms with Crippen molar-refractivity contribution >= 4 is 5.91 Å². The first-order valence-corrected chi connectivity index (χ1v) is 7.29. The lowest BCUT2D eigenvalue weighted by Crippen LogP contribution is -2.31. The van der Waals surface area contributed by atoms with Gasteiger partial charge in [-0.25, -0.2) is 0 Å². The van der Waals surface area contributed by atoms with Gasteiger partial charge in [0.1, 0.15) is 5.75 Å². The number of amides is 1. The van der Waals surface area contributed by atoms with Crippen LogP contribution in [0.3, 0.4) is 0 Å². The molecule has 1 amide bonds. The molecule has 1 aliphatic carbocycles. The lowest BCUT2D eigenvalue weighted by Gasteiger charge is -2.15. The SMILES string of the molecule is Cc1ccccc1OCC(=O)NC1CCc2ccccc21. The molecule has 0 aromatic heterocycles. The van der Waals surface area contributed by atoms with Crippen LogP contribution in [0.4, 0.5) is 0 Å². The van der Waals surface area contributed by atoms with Crippen LogP contribution in [-0.4, -0.2) is 12.5 Å². The number of fused-ring (bicyclic) bond motifs is 1. The predicted octanol–water partition coefficient (Wildman–Crippen LogP) is 3.18. The van der Waals surface area contributed by atoms with Gasteiger partial charge in [-0.05, 0) is 42.5 Å². The van der Waals surface area contributed by atoms with Gasteiger partial charge in [0, 0.05) is 0 Å². The molecule has 0 saturated carbocycles. The molecule has 0 bridgehead atoms. The largest absolute Gasteiger partial charge is 0.484 e. The van der Waals surface area contributed by atoms with Crippen molar-refractivity contribution in [2.45, 2.75) is 25.8 Å². The maximum absolute atomic E-state index is 12.1. The summed E-state index contributed by atoms with van der Waals surface area (Å²) >= 11 is 0. The Morgan fingerprint density at radius 3 is 2.81 bits per heavy atom. The van der Waals surface area contributed by atoms with Gasteiger partial charge in [-0.15, -0.1) is 0 Å². The first-order chi connectivity index (χ1) is 10.2. The quantitative estimate of drug-likeness (QED) is 0.934. The first-order valence-electron chi connectivity index (χ1n) is 7.29. The summed E-state index contributed by atoms with van der Waals surface area (Å²) in [6.07, 6.45) is 2.00. The molecular formula is C18H19NO2. The summed E-state index contributed by atoms with van der Waals surface area (Å²) < 4.78 is 5.58. The average Bonchev–Trinajstić information content (AvgIpc) is 2.90. The van der Waals surface area contributed by atoms with Crippen molar-refractivity contribution in [2.75, 3.05) is 6.61 Å². The molecule has 0 heterocycles. The van der Waals surface area contributed by atoms with E-state index in [1.807, 2.05) is 43.3 Å². The fraction of sp³-hybridized carbons (Fsp3) is 0.278. The highest BCUT2D eigenvalue weighted by Crippen LogP contribution is 2.30. The Morgan fingerprint density at radius 1 is 1.19 bits per heavy atom. The van der Waals surface area contributed by atoms with Crippen LogP contribution in [0.25, 0.3) is 0 Å². The third-order valence-corrected chi connectivity index (χ3v) is 3.92. The molecule has 3 heteroatoms. The zero-order chi connectivity index (χ0) is 14.7. The zero-order valence-corrected chi connectivity index (χ0v) is 12.1. The monoisotopic (exact) mass is 281 g/mol. The van der Waals surface area contributed by atoms with Gasteiger partial charge in [-0.3, -0.25) is 4.79 Å². The van der Waals surface area contributed by atoms with E-state index in [2.05, 4.69) is 17.4 Å². The summed E-state index contributed by atoms with van der Waals surface area (Å²) in [5.74, 6) is 0.694. The summed E-state index contributed by atoms with van der Waals surface area (Å²) in [5, 5.41) is 3.06. The Morgan fingerprint density at radius 2 is 1.95 bits per heavy atom. The van der Waals surface area contributed by atoms with Gasteiger partial charge >= 0.3 is 0 Å². The predicted molar refractivity (Wildman–Crippen MR) is 82.3 cm³/mol. The summed E-state index contributed by atoms with van der Waals surface area (Å²) in [5.41, 5.74) is 3.61. The van der Waals surface area contributed by atoms with E-state index in [4.69, 9.17) is 4.74 Å². The van der Waals surface area contributed by atoms with Crippen LogP contribution in [0.1, 0.15) is 29.2 Å². The van der Waals surface area contributed by atoms with Crippen molar-refractivity contribution in [1.29, 1.82) is 0 Å². The van der Waals surface area contributed by atoms with Crippen molar-refractivity contribution in [3.63, 3.8) is 0 Å². The summed E-state index contributed by atoms with van der Waals surface area (Å²) in [7, 11) is 0. The average molecular weight is 281 g/mol. The van der Waals surface area contributed by atoms with Gasteiger partial charge in [-0.2, -0.15) is 0 Å². The molecule has 0 fully saturated rings. The summed E-state index contributed by atoms with van der Waals surface area (Å²) in [4.78, 5) is 12.1. The van der Waals surface area contributed by atoms with Crippen LogP contribution >= 0.6 is 0 Å². The van der Waals surface area contributed by atoms with E-state index in [1.165, 1.54) is 11.1 Å². The van der Waals surface area contributed by atoms with Gasteiger partial charge in [0.2, 0.25) is 0 Å². The van der Waals surface area contributed by atoms with E-state index < -0.39 is 0 Å². The Labute approximate surface area is 124 Å². The molecule has 3 nitrogen and oxygen atoms in total. The van der Waals surface area contributed by atoms with Crippen LogP contribution in [0.5, 0.6) is 5.75 Å². The van der Waals surface area contributed by atoms with Crippen LogP contribution in [0.2, 0.25) is 0 Å². The molecule has 1 aliphatic rings. The normalized spacial score (nSPS) is 16.3. The lowest BCUT2D eigenvalue weighted by atomic mass is 10.1. The number of benzene rings is 2. The van der Waals surface area contributed by atoms with Crippen LogP contribution in [0, 0.1) is 6.92 Å². The number of aryl methyl sites for hydroxylation is 2. The highest BCUT2D eigenvalue weighted by molar-refractivity contribution is 5.78. The minimum atomic E-state index is -0.0695. The number of hydrogen-bond donors (Lipinski definition) is 1. The van der Waals surface area contributed by atoms with Crippen LogP contribution in [0.15, 0.2) is 48.5 Å². The van der Waals surface area contributed by atoms with Crippen molar-refractivity contribution in [1.82, 2.24) is 5.32 Å². The Balaban J connectivity index is 1.57. The zero-order valence-electron chi connectivity index (χ0n) is 12.1. The molecule has 1 N–H and O–H groups in total. The van der Waals surface area contributed by atoms with Gasteiger partial charge in [0.25, 0.3) is 5.91 Å². The van der Waals surface area contributed by atoms with Gasteiger partial charge in [0.15, 0.2) is 6.61 Å². The lowest BCUT2D eigenvalue weighted by molar-refractivity contribution is -0.123. The minimum absolute atomic E-state index is 0.0590. The molecule has 2 aromatic rings. The number of ether oxygens (including phenoxy) is 1. The van der Waals surface area contributed by atoms with Gasteiger partial charge < -0.3 is 10.1 Å². The maximum atomic E-state index is 12.1. The van der Waals surface area contributed by atoms with Crippen molar-refractivity contribution < 1.29 is 9.53 Å². The Hall–Kier alpha value is -2.29. The standard InChI is InChI=1S/C18H19NO2/c1-13-6-2-5-9-17(13)21-12-18(20)19-16-11-10-14-7-3-4-8-15(14)16/h2-9,16H,10-12H2,1H3,(H,19,20). The number of carbonyl (C=O) groups is 1. The van der Waals surface area contributed by atoms with E-state index in [0.29, 0.717) is 0 Å². The molecule has 0 radical (unpaired) electrons. The third kappa shape index (κ3) is 3.07. The summed E-state index contributed by atoms with van der Waals surface area (Å²) in [6, 6.07) is 16.1. The molecule has 3 rings (SSSR count). The highest BCUT2D eigenvalue weighted by atomic mass is 16.5. The van der Waals surface area contributed by atoms with Gasteiger partial charge in [0.05, 0.1) is 6.04 Å². The Bertz CT molecular complexity index is 651.